The van der Waals surface area contributed by atoms with Crippen molar-refractivity contribution in [3.63, 3.8) is 0 Å². The van der Waals surface area contributed by atoms with E-state index in [-0.39, 0.29) is 9.93 Å². The van der Waals surface area contributed by atoms with Gasteiger partial charge in [0.1, 0.15) is 0 Å². The Bertz CT molecular complexity index is 260. The van der Waals surface area contributed by atoms with Crippen LogP contribution in [0.3, 0.4) is 0 Å². The standard InChI is InChI=1S/C7H7N2S2/c1-2-4-8-7(3-1)11-6-5-9-10-11/h1-6,9H/q+1. The van der Waals surface area contributed by atoms with Crippen LogP contribution in [0.4, 0.5) is 0 Å². The molecule has 1 aliphatic rings. The molecule has 4 heteroatoms. The Morgan fingerprint density at radius 1 is 1.45 bits per heavy atom. The first-order valence-electron chi connectivity index (χ1n) is 3.20. The third-order valence-corrected chi connectivity index (χ3v) is 4.36. The SMILES string of the molecule is C1=C[S+](c2ccccn2)SN1. The van der Waals surface area contributed by atoms with Gasteiger partial charge in [-0.15, -0.1) is 0 Å². The van der Waals surface area contributed by atoms with Crippen LogP contribution >= 0.6 is 11.0 Å². The van der Waals surface area contributed by atoms with Crippen molar-refractivity contribution in [2.45, 2.75) is 5.03 Å². The number of nitrogens with zero attached hydrogens (tertiary/aromatic N) is 1. The molecule has 2 nitrogen and oxygen atoms in total. The Balaban J connectivity index is 2.23. The Kier molecular flexibility index (Phi) is 2.05. The number of pyridine rings is 1. The Morgan fingerprint density at radius 3 is 3.09 bits per heavy atom. The van der Waals surface area contributed by atoms with E-state index in [9.17, 15) is 0 Å². The molecule has 0 spiro atoms. The van der Waals surface area contributed by atoms with E-state index in [1.165, 1.54) is 0 Å². The molecule has 1 aliphatic heterocycles. The van der Waals surface area contributed by atoms with E-state index < -0.39 is 0 Å². The predicted octanol–water partition coefficient (Wildman–Crippen LogP) is 1.70. The molecule has 1 aromatic heterocycles. The second kappa shape index (κ2) is 3.19. The summed E-state index contributed by atoms with van der Waals surface area (Å²) in [5.41, 5.74) is 0. The third-order valence-electron chi connectivity index (χ3n) is 1.24. The van der Waals surface area contributed by atoms with Crippen LogP contribution in [0.2, 0.25) is 0 Å². The van der Waals surface area contributed by atoms with Gasteiger partial charge in [0.2, 0.25) is 11.0 Å². The highest BCUT2D eigenvalue weighted by molar-refractivity contribution is 8.74. The molecule has 1 N–H and O–H groups in total. The maximum Gasteiger partial charge on any atom is 0.266 e. The number of aromatic nitrogens is 1. The highest BCUT2D eigenvalue weighted by Gasteiger charge is 2.26. The molecule has 0 saturated heterocycles. The Labute approximate surface area is 72.0 Å². The van der Waals surface area contributed by atoms with Gasteiger partial charge in [0.05, 0.1) is 6.20 Å². The predicted molar refractivity (Wildman–Crippen MR) is 49.7 cm³/mol. The molecule has 1 aromatic rings. The molecule has 0 aromatic carbocycles. The van der Waals surface area contributed by atoms with Crippen LogP contribution in [-0.2, 0) is 9.93 Å². The van der Waals surface area contributed by atoms with Gasteiger partial charge in [0.15, 0.2) is 15.3 Å². The molecule has 0 radical (unpaired) electrons. The minimum Gasteiger partial charge on any atom is -0.288 e. The fourth-order valence-corrected chi connectivity index (χ4v) is 3.30. The summed E-state index contributed by atoms with van der Waals surface area (Å²) in [7, 11) is 1.82. The Morgan fingerprint density at radius 2 is 2.45 bits per heavy atom. The van der Waals surface area contributed by atoms with E-state index in [4.69, 9.17) is 0 Å². The lowest BCUT2D eigenvalue weighted by molar-refractivity contribution is 1.14. The number of nitrogens with one attached hydrogen (secondary N) is 1. The summed E-state index contributed by atoms with van der Waals surface area (Å²) < 4.78 is 3.08. The van der Waals surface area contributed by atoms with Crippen LogP contribution in [0, 0.1) is 0 Å². The smallest absolute Gasteiger partial charge is 0.266 e. The molecule has 0 aliphatic carbocycles. The number of rotatable bonds is 1. The van der Waals surface area contributed by atoms with Crippen LogP contribution in [0.1, 0.15) is 0 Å². The molecule has 2 heterocycles. The monoisotopic (exact) mass is 183 g/mol. The van der Waals surface area contributed by atoms with Crippen LogP contribution in [-0.4, -0.2) is 4.98 Å². The second-order valence-corrected chi connectivity index (χ2v) is 5.23. The highest BCUT2D eigenvalue weighted by Crippen LogP contribution is 2.26. The quantitative estimate of drug-likeness (QED) is 0.407. The van der Waals surface area contributed by atoms with Crippen molar-refractivity contribution in [1.82, 2.24) is 9.71 Å². The highest BCUT2D eigenvalue weighted by atomic mass is 33.1. The van der Waals surface area contributed by atoms with Crippen LogP contribution in [0.15, 0.2) is 41.0 Å². The van der Waals surface area contributed by atoms with Crippen LogP contribution < -0.4 is 4.72 Å². The molecule has 0 saturated carbocycles. The molecular weight excluding hydrogens is 176 g/mol. The van der Waals surface area contributed by atoms with E-state index in [0.717, 1.165) is 5.03 Å². The summed E-state index contributed by atoms with van der Waals surface area (Å²) in [5, 5.41) is 3.27. The average Bonchev–Trinajstić information content (AvgIpc) is 2.58. The van der Waals surface area contributed by atoms with Crippen molar-refractivity contribution in [2.24, 2.45) is 0 Å². The first-order valence-corrected chi connectivity index (χ1v) is 5.82. The van der Waals surface area contributed by atoms with Crippen molar-refractivity contribution < 1.29 is 0 Å². The minimum atomic E-state index is 0.123. The zero-order chi connectivity index (χ0) is 7.52. The summed E-state index contributed by atoms with van der Waals surface area (Å²) in [5.74, 6) is 0. The fourth-order valence-electron chi connectivity index (χ4n) is 0.775. The normalized spacial score (nSPS) is 21.6. The van der Waals surface area contributed by atoms with Crippen molar-refractivity contribution in [2.75, 3.05) is 0 Å². The van der Waals surface area contributed by atoms with Gasteiger partial charge in [-0.3, -0.25) is 4.72 Å². The summed E-state index contributed by atoms with van der Waals surface area (Å²) in [6.07, 6.45) is 3.79. The molecule has 1 unspecified atom stereocenters. The fraction of sp³-hybridized carbons (Fsp3) is 0. The largest absolute Gasteiger partial charge is 0.288 e. The van der Waals surface area contributed by atoms with Crippen molar-refractivity contribution in [3.05, 3.63) is 36.0 Å². The summed E-state index contributed by atoms with van der Waals surface area (Å²) >= 11 is 0. The molecule has 0 fully saturated rings. The second-order valence-electron chi connectivity index (χ2n) is 1.97. The minimum absolute atomic E-state index is 0.123. The maximum absolute atomic E-state index is 4.26. The van der Waals surface area contributed by atoms with E-state index in [1.807, 2.05) is 30.6 Å². The zero-order valence-corrected chi connectivity index (χ0v) is 7.36. The first kappa shape index (κ1) is 7.06. The van der Waals surface area contributed by atoms with E-state index in [1.54, 1.807) is 11.0 Å². The van der Waals surface area contributed by atoms with Gasteiger partial charge < -0.3 is 0 Å². The lowest BCUT2D eigenvalue weighted by Gasteiger charge is -1.90. The summed E-state index contributed by atoms with van der Waals surface area (Å²) in [6, 6.07) is 6.00. The van der Waals surface area contributed by atoms with E-state index >= 15 is 0 Å². The van der Waals surface area contributed by atoms with Crippen molar-refractivity contribution in [1.29, 1.82) is 0 Å². The number of hydrogen-bond donors (Lipinski definition) is 1. The lowest BCUT2D eigenvalue weighted by Crippen LogP contribution is -1.94. The molecular formula is C7H7N2S2+. The zero-order valence-electron chi connectivity index (χ0n) is 5.73. The molecule has 0 bridgehead atoms. The van der Waals surface area contributed by atoms with Crippen molar-refractivity contribution >= 4 is 20.9 Å². The summed E-state index contributed by atoms with van der Waals surface area (Å²) in [4.78, 5) is 4.26. The van der Waals surface area contributed by atoms with Gasteiger partial charge in [-0.2, -0.15) is 0 Å². The Hall–Kier alpha value is -0.610. The number of hydrogen-bond acceptors (Lipinski definition) is 3. The third kappa shape index (κ3) is 1.52. The summed E-state index contributed by atoms with van der Waals surface area (Å²) in [6.45, 7) is 0. The van der Waals surface area contributed by atoms with Gasteiger partial charge in [-0.25, -0.2) is 4.98 Å². The van der Waals surface area contributed by atoms with E-state index in [2.05, 4.69) is 15.1 Å². The molecule has 2 rings (SSSR count). The topological polar surface area (TPSA) is 24.9 Å². The van der Waals surface area contributed by atoms with E-state index in [0.29, 0.717) is 0 Å². The van der Waals surface area contributed by atoms with Gasteiger partial charge in [0.25, 0.3) is 5.03 Å². The van der Waals surface area contributed by atoms with Gasteiger partial charge in [-0.1, -0.05) is 6.07 Å². The molecule has 1 atom stereocenters. The van der Waals surface area contributed by atoms with Gasteiger partial charge in [0, 0.05) is 12.3 Å². The van der Waals surface area contributed by atoms with Gasteiger partial charge in [-0.05, 0) is 6.07 Å². The van der Waals surface area contributed by atoms with Crippen LogP contribution in [0.25, 0.3) is 0 Å². The lowest BCUT2D eigenvalue weighted by atomic mass is 10.5. The first-order chi connectivity index (χ1) is 5.47. The van der Waals surface area contributed by atoms with Gasteiger partial charge >= 0.3 is 0 Å². The van der Waals surface area contributed by atoms with Crippen molar-refractivity contribution in [3.8, 4) is 0 Å². The average molecular weight is 183 g/mol. The van der Waals surface area contributed by atoms with Crippen LogP contribution in [0.5, 0.6) is 0 Å². The molecule has 0 amide bonds. The molecule has 56 valence electrons. The maximum atomic E-state index is 4.26. The molecule has 11 heavy (non-hydrogen) atoms.